The van der Waals surface area contributed by atoms with Crippen LogP contribution in [0.3, 0.4) is 0 Å². The van der Waals surface area contributed by atoms with E-state index in [2.05, 4.69) is 5.32 Å². The normalized spacial score (nSPS) is 10.6. The van der Waals surface area contributed by atoms with Crippen molar-refractivity contribution in [3.63, 3.8) is 0 Å². The lowest BCUT2D eigenvalue weighted by Crippen LogP contribution is -2.22. The van der Waals surface area contributed by atoms with Gasteiger partial charge in [0.1, 0.15) is 5.75 Å². The lowest BCUT2D eigenvalue weighted by atomic mass is 10.2. The third kappa shape index (κ3) is 5.50. The predicted octanol–water partition coefficient (Wildman–Crippen LogP) is 1.86. The largest absolute Gasteiger partial charge is 0.497 e. The highest BCUT2D eigenvalue weighted by Gasteiger charge is 1.95. The number of nitrogens with one attached hydrogen (secondary N) is 1. The molecule has 4 nitrogen and oxygen atoms in total. The number of hydrogen-bond donors (Lipinski definition) is 1. The third-order valence-corrected chi connectivity index (χ3v) is 2.35. The molecule has 4 heteroatoms. The fourth-order valence-electron chi connectivity index (χ4n) is 1.40. The fourth-order valence-corrected chi connectivity index (χ4v) is 1.40. The zero-order valence-corrected chi connectivity index (χ0v) is 10.8. The second kappa shape index (κ2) is 8.31. The predicted molar refractivity (Wildman–Crippen MR) is 71.5 cm³/mol. The Morgan fingerprint density at radius 3 is 2.94 bits per heavy atom. The van der Waals surface area contributed by atoms with E-state index in [-0.39, 0.29) is 5.91 Å². The summed E-state index contributed by atoms with van der Waals surface area (Å²) in [5.41, 5.74) is 0.932. The van der Waals surface area contributed by atoms with Gasteiger partial charge in [0.25, 0.3) is 0 Å². The highest BCUT2D eigenvalue weighted by molar-refractivity contribution is 5.91. The van der Waals surface area contributed by atoms with Crippen LogP contribution in [0.2, 0.25) is 0 Å². The van der Waals surface area contributed by atoms with Crippen LogP contribution in [-0.2, 0) is 9.53 Å². The van der Waals surface area contributed by atoms with Crippen molar-refractivity contribution in [1.29, 1.82) is 0 Å². The molecule has 0 saturated carbocycles. The summed E-state index contributed by atoms with van der Waals surface area (Å²) in [5, 5.41) is 2.78. The second-order valence-electron chi connectivity index (χ2n) is 3.75. The van der Waals surface area contributed by atoms with Crippen molar-refractivity contribution in [2.75, 3.05) is 27.4 Å². The number of carbonyl (C=O) groups is 1. The standard InChI is InChI=1S/C14H19NO3/c1-17-10-4-9-15-14(16)8-7-12-5-3-6-13(11-12)18-2/h3,5-8,11H,4,9-10H2,1-2H3,(H,15,16). The number of benzene rings is 1. The van der Waals surface area contributed by atoms with Gasteiger partial charge < -0.3 is 14.8 Å². The van der Waals surface area contributed by atoms with E-state index >= 15 is 0 Å². The maximum Gasteiger partial charge on any atom is 0.244 e. The van der Waals surface area contributed by atoms with Crippen LogP contribution >= 0.6 is 0 Å². The van der Waals surface area contributed by atoms with Crippen molar-refractivity contribution in [3.8, 4) is 5.75 Å². The van der Waals surface area contributed by atoms with Gasteiger partial charge in [-0.15, -0.1) is 0 Å². The Morgan fingerprint density at radius 1 is 1.39 bits per heavy atom. The van der Waals surface area contributed by atoms with Gasteiger partial charge in [0.15, 0.2) is 0 Å². The maximum absolute atomic E-state index is 11.5. The number of carbonyl (C=O) groups excluding carboxylic acids is 1. The van der Waals surface area contributed by atoms with Crippen molar-refractivity contribution in [2.45, 2.75) is 6.42 Å². The van der Waals surface area contributed by atoms with Crippen LogP contribution in [-0.4, -0.2) is 33.3 Å². The van der Waals surface area contributed by atoms with Gasteiger partial charge in [0.2, 0.25) is 5.91 Å². The maximum atomic E-state index is 11.5. The molecular formula is C14H19NO3. The monoisotopic (exact) mass is 249 g/mol. The molecule has 0 aliphatic rings. The smallest absolute Gasteiger partial charge is 0.244 e. The Kier molecular flexibility index (Phi) is 6.58. The van der Waals surface area contributed by atoms with E-state index in [0.29, 0.717) is 13.2 Å². The molecule has 0 unspecified atom stereocenters. The van der Waals surface area contributed by atoms with E-state index in [1.165, 1.54) is 6.08 Å². The second-order valence-corrected chi connectivity index (χ2v) is 3.75. The van der Waals surface area contributed by atoms with Crippen LogP contribution in [0.1, 0.15) is 12.0 Å². The first kappa shape index (κ1) is 14.3. The summed E-state index contributed by atoms with van der Waals surface area (Å²) in [6.07, 6.45) is 4.09. The van der Waals surface area contributed by atoms with Gasteiger partial charge in [-0.1, -0.05) is 12.1 Å². The molecule has 0 fully saturated rings. The Balaban J connectivity index is 2.40. The van der Waals surface area contributed by atoms with Crippen molar-refractivity contribution < 1.29 is 14.3 Å². The summed E-state index contributed by atoms with van der Waals surface area (Å²) in [4.78, 5) is 11.5. The summed E-state index contributed by atoms with van der Waals surface area (Å²) >= 11 is 0. The zero-order chi connectivity index (χ0) is 13.2. The van der Waals surface area contributed by atoms with Crippen LogP contribution in [0, 0.1) is 0 Å². The van der Waals surface area contributed by atoms with E-state index in [1.807, 2.05) is 24.3 Å². The quantitative estimate of drug-likeness (QED) is 0.592. The van der Waals surface area contributed by atoms with Crippen LogP contribution < -0.4 is 10.1 Å². The minimum absolute atomic E-state index is 0.103. The SMILES string of the molecule is COCCCNC(=O)C=Cc1cccc(OC)c1. The zero-order valence-electron chi connectivity index (χ0n) is 10.8. The Morgan fingerprint density at radius 2 is 2.22 bits per heavy atom. The first-order chi connectivity index (χ1) is 8.76. The van der Waals surface area contributed by atoms with Gasteiger partial charge in [0.05, 0.1) is 7.11 Å². The topological polar surface area (TPSA) is 47.6 Å². The number of rotatable bonds is 7. The summed E-state index contributed by atoms with van der Waals surface area (Å²) in [7, 11) is 3.26. The van der Waals surface area contributed by atoms with Crippen LogP contribution in [0.5, 0.6) is 5.75 Å². The van der Waals surface area contributed by atoms with Crippen molar-refractivity contribution in [1.82, 2.24) is 5.32 Å². The summed E-state index contributed by atoms with van der Waals surface area (Å²) in [6.45, 7) is 1.27. The minimum atomic E-state index is -0.103. The highest BCUT2D eigenvalue weighted by atomic mass is 16.5. The molecule has 0 radical (unpaired) electrons. The van der Waals surface area contributed by atoms with Crippen LogP contribution in [0.15, 0.2) is 30.3 Å². The van der Waals surface area contributed by atoms with E-state index in [4.69, 9.17) is 9.47 Å². The molecule has 0 aromatic heterocycles. The number of ether oxygens (including phenoxy) is 2. The molecule has 1 amide bonds. The van der Waals surface area contributed by atoms with Gasteiger partial charge in [-0.05, 0) is 30.2 Å². The number of amides is 1. The molecular weight excluding hydrogens is 230 g/mol. The molecule has 18 heavy (non-hydrogen) atoms. The Bertz CT molecular complexity index is 402. The van der Waals surface area contributed by atoms with Crippen LogP contribution in [0.25, 0.3) is 6.08 Å². The van der Waals surface area contributed by atoms with E-state index in [0.717, 1.165) is 17.7 Å². The molecule has 0 heterocycles. The fraction of sp³-hybridized carbons (Fsp3) is 0.357. The van der Waals surface area contributed by atoms with Crippen molar-refractivity contribution >= 4 is 12.0 Å². The first-order valence-electron chi connectivity index (χ1n) is 5.85. The van der Waals surface area contributed by atoms with Gasteiger partial charge in [-0.2, -0.15) is 0 Å². The number of methoxy groups -OCH3 is 2. The summed E-state index contributed by atoms with van der Waals surface area (Å²) in [6, 6.07) is 7.53. The molecule has 1 aromatic carbocycles. The molecule has 1 rings (SSSR count). The summed E-state index contributed by atoms with van der Waals surface area (Å²) < 4.78 is 10.0. The van der Waals surface area contributed by atoms with E-state index in [9.17, 15) is 4.79 Å². The lowest BCUT2D eigenvalue weighted by Gasteiger charge is -2.02. The van der Waals surface area contributed by atoms with Gasteiger partial charge in [-0.3, -0.25) is 4.79 Å². The molecule has 1 N–H and O–H groups in total. The van der Waals surface area contributed by atoms with Crippen LogP contribution in [0.4, 0.5) is 0 Å². The van der Waals surface area contributed by atoms with Gasteiger partial charge >= 0.3 is 0 Å². The third-order valence-electron chi connectivity index (χ3n) is 2.35. The number of hydrogen-bond acceptors (Lipinski definition) is 3. The average molecular weight is 249 g/mol. The molecule has 0 saturated heterocycles. The summed E-state index contributed by atoms with van der Waals surface area (Å²) in [5.74, 6) is 0.673. The Hall–Kier alpha value is -1.81. The van der Waals surface area contributed by atoms with Gasteiger partial charge in [-0.25, -0.2) is 0 Å². The molecule has 0 atom stereocenters. The molecule has 0 aliphatic carbocycles. The van der Waals surface area contributed by atoms with Crippen molar-refractivity contribution in [2.24, 2.45) is 0 Å². The lowest BCUT2D eigenvalue weighted by molar-refractivity contribution is -0.116. The molecule has 98 valence electrons. The Labute approximate surface area is 108 Å². The molecule has 0 spiro atoms. The van der Waals surface area contributed by atoms with E-state index < -0.39 is 0 Å². The average Bonchev–Trinajstić information content (AvgIpc) is 2.41. The molecule has 0 bridgehead atoms. The molecule has 1 aromatic rings. The first-order valence-corrected chi connectivity index (χ1v) is 5.85. The van der Waals surface area contributed by atoms with Crippen molar-refractivity contribution in [3.05, 3.63) is 35.9 Å². The van der Waals surface area contributed by atoms with E-state index in [1.54, 1.807) is 20.3 Å². The van der Waals surface area contributed by atoms with Gasteiger partial charge in [0, 0.05) is 26.3 Å². The molecule has 0 aliphatic heterocycles. The highest BCUT2D eigenvalue weighted by Crippen LogP contribution is 2.13. The minimum Gasteiger partial charge on any atom is -0.497 e.